The average Bonchev–Trinajstić information content (AvgIpc) is 3.73. The predicted molar refractivity (Wildman–Crippen MR) is 179 cm³/mol. The molecular weight excluding hydrogens is 643 g/mol. The molecule has 4 unspecified atom stereocenters. The molecular formula is C34H40Cl2N6O5. The zero-order chi connectivity index (χ0) is 33.7. The Kier molecular flexibility index (Phi) is 10.8. The molecule has 0 radical (unpaired) electrons. The largest absolute Gasteiger partial charge is 0.445 e. The van der Waals surface area contributed by atoms with Crippen LogP contribution in [-0.4, -0.2) is 44.7 Å². The standard InChI is InChI=1S/C34H40Cl2N6O5/c1-5-19(3)27(40-33(45)46-17-21-10-8-7-9-11-21)30(43)41-34(32(44)39-28(20(4)6-2)31-42-37-18-47-31)13-12-26-24(16-34)23-14-22(35)15-25(36)29(23)38-26/h7-11,14-15,18-20,27-28,38H,5-6,12-13,16-17H2,1-4H3,(H,39,44)(H,40,45)(H,41,43)/t19?,20?,27?,28?,34-/m1/s1. The third-order valence-electron chi connectivity index (χ3n) is 9.22. The van der Waals surface area contributed by atoms with Crippen LogP contribution < -0.4 is 16.0 Å². The number of ether oxygens (including phenoxy) is 1. The molecule has 250 valence electrons. The first-order valence-electron chi connectivity index (χ1n) is 15.9. The van der Waals surface area contributed by atoms with E-state index in [1.807, 2.05) is 58.0 Å². The summed E-state index contributed by atoms with van der Waals surface area (Å²) in [7, 11) is 0. The average molecular weight is 684 g/mol. The number of nitrogens with one attached hydrogen (secondary N) is 4. The maximum atomic E-state index is 14.5. The van der Waals surface area contributed by atoms with E-state index >= 15 is 0 Å². The predicted octanol–water partition coefficient (Wildman–Crippen LogP) is 6.45. The lowest BCUT2D eigenvalue weighted by molar-refractivity contribution is -0.136. The van der Waals surface area contributed by atoms with E-state index in [9.17, 15) is 14.4 Å². The zero-order valence-corrected chi connectivity index (χ0v) is 28.4. The van der Waals surface area contributed by atoms with Crippen molar-refractivity contribution in [3.63, 3.8) is 0 Å². The summed E-state index contributed by atoms with van der Waals surface area (Å²) in [5.41, 5.74) is 1.88. The molecule has 1 aliphatic rings. The maximum absolute atomic E-state index is 14.5. The van der Waals surface area contributed by atoms with Crippen LogP contribution in [0.1, 0.15) is 75.7 Å². The van der Waals surface area contributed by atoms with Gasteiger partial charge in [-0.3, -0.25) is 9.59 Å². The van der Waals surface area contributed by atoms with E-state index < -0.39 is 35.5 Å². The lowest BCUT2D eigenvalue weighted by Gasteiger charge is -2.39. The van der Waals surface area contributed by atoms with Crippen LogP contribution in [0.5, 0.6) is 0 Å². The first-order chi connectivity index (χ1) is 22.5. The quantitative estimate of drug-likeness (QED) is 0.134. The van der Waals surface area contributed by atoms with Gasteiger partial charge >= 0.3 is 6.09 Å². The first-order valence-corrected chi connectivity index (χ1v) is 16.7. The molecule has 2 aromatic carbocycles. The number of aromatic amines is 1. The molecule has 0 saturated heterocycles. The number of halogens is 2. The Bertz CT molecular complexity index is 1710. The topological polar surface area (TPSA) is 151 Å². The minimum absolute atomic E-state index is 0.0501. The molecule has 2 aromatic heterocycles. The highest BCUT2D eigenvalue weighted by Crippen LogP contribution is 2.39. The van der Waals surface area contributed by atoms with Gasteiger partial charge in [-0.2, -0.15) is 0 Å². The summed E-state index contributed by atoms with van der Waals surface area (Å²) in [6, 6.07) is 11.2. The van der Waals surface area contributed by atoms with Crippen molar-refractivity contribution in [2.24, 2.45) is 11.8 Å². The fourth-order valence-corrected chi connectivity index (χ4v) is 6.56. The van der Waals surface area contributed by atoms with Crippen LogP contribution in [0.25, 0.3) is 10.9 Å². The van der Waals surface area contributed by atoms with Crippen molar-refractivity contribution >= 4 is 52.0 Å². The van der Waals surface area contributed by atoms with Crippen LogP contribution in [0.3, 0.4) is 0 Å². The lowest BCUT2D eigenvalue weighted by atomic mass is 9.78. The van der Waals surface area contributed by atoms with Crippen molar-refractivity contribution in [3.05, 3.63) is 81.6 Å². The van der Waals surface area contributed by atoms with Gasteiger partial charge in [0.25, 0.3) is 0 Å². The number of rotatable bonds is 12. The molecule has 13 heteroatoms. The summed E-state index contributed by atoms with van der Waals surface area (Å²) in [5, 5.41) is 18.5. The number of benzene rings is 2. The number of alkyl carbamates (subject to hydrolysis) is 1. The van der Waals surface area contributed by atoms with Crippen LogP contribution in [0.2, 0.25) is 10.0 Å². The Labute approximate surface area is 283 Å². The van der Waals surface area contributed by atoms with E-state index in [1.165, 1.54) is 6.39 Å². The van der Waals surface area contributed by atoms with Crippen molar-refractivity contribution < 1.29 is 23.5 Å². The van der Waals surface area contributed by atoms with Gasteiger partial charge in [0.05, 0.1) is 10.5 Å². The number of hydrogen-bond acceptors (Lipinski definition) is 7. The molecule has 3 amide bonds. The third kappa shape index (κ3) is 7.57. The van der Waals surface area contributed by atoms with Gasteiger partial charge in [-0.05, 0) is 47.9 Å². The number of carbonyl (C=O) groups is 3. The molecule has 5 rings (SSSR count). The highest BCUT2D eigenvalue weighted by molar-refractivity contribution is 6.38. The summed E-state index contributed by atoms with van der Waals surface area (Å²) >= 11 is 12.9. The zero-order valence-electron chi connectivity index (χ0n) is 26.9. The molecule has 0 aliphatic heterocycles. The first kappa shape index (κ1) is 34.3. The normalized spacial score (nSPS) is 18.4. The van der Waals surface area contributed by atoms with Crippen LogP contribution >= 0.6 is 23.2 Å². The van der Waals surface area contributed by atoms with Crippen molar-refractivity contribution in [2.45, 2.75) is 84.0 Å². The molecule has 1 aliphatic carbocycles. The van der Waals surface area contributed by atoms with Crippen LogP contribution in [0.15, 0.2) is 53.3 Å². The number of aromatic nitrogens is 3. The van der Waals surface area contributed by atoms with E-state index in [0.29, 0.717) is 28.4 Å². The smallest absolute Gasteiger partial charge is 0.408 e. The Morgan fingerprint density at radius 2 is 1.81 bits per heavy atom. The van der Waals surface area contributed by atoms with Gasteiger partial charge in [0, 0.05) is 22.5 Å². The lowest BCUT2D eigenvalue weighted by Crippen LogP contribution is -2.65. The van der Waals surface area contributed by atoms with Crippen LogP contribution in [0, 0.1) is 11.8 Å². The Hall–Kier alpha value is -4.09. The number of carbonyl (C=O) groups excluding carboxylic acids is 3. The molecule has 5 atom stereocenters. The highest BCUT2D eigenvalue weighted by atomic mass is 35.5. The maximum Gasteiger partial charge on any atom is 0.408 e. The second-order valence-electron chi connectivity index (χ2n) is 12.3. The molecule has 11 nitrogen and oxygen atoms in total. The number of amides is 3. The summed E-state index contributed by atoms with van der Waals surface area (Å²) in [4.78, 5) is 45.1. The third-order valence-corrected chi connectivity index (χ3v) is 9.74. The fraction of sp³-hybridized carbons (Fsp3) is 0.441. The SMILES string of the molecule is CCC(C)C(NC(=O)OCc1ccccc1)C(=O)N[C@]1(C(=O)NC(c2nnco2)C(C)CC)CCc2[nH]c3c(Cl)cc(Cl)cc3c2C1. The number of fused-ring (bicyclic) bond motifs is 3. The van der Waals surface area contributed by atoms with Crippen molar-refractivity contribution in [3.8, 4) is 0 Å². The molecule has 2 heterocycles. The molecule has 0 bridgehead atoms. The highest BCUT2D eigenvalue weighted by Gasteiger charge is 2.47. The van der Waals surface area contributed by atoms with E-state index in [0.717, 1.165) is 28.6 Å². The monoisotopic (exact) mass is 682 g/mol. The van der Waals surface area contributed by atoms with Crippen molar-refractivity contribution in [1.82, 2.24) is 31.1 Å². The summed E-state index contributed by atoms with van der Waals surface area (Å²) in [6.45, 7) is 7.83. The molecule has 0 fully saturated rings. The fourth-order valence-electron chi connectivity index (χ4n) is 6.02. The van der Waals surface area contributed by atoms with E-state index in [1.54, 1.807) is 12.1 Å². The summed E-state index contributed by atoms with van der Waals surface area (Å²) < 4.78 is 11.0. The second kappa shape index (κ2) is 14.8. The van der Waals surface area contributed by atoms with Gasteiger partial charge in [-0.1, -0.05) is 94.1 Å². The number of hydrogen-bond donors (Lipinski definition) is 4. The summed E-state index contributed by atoms with van der Waals surface area (Å²) in [5.74, 6) is -0.946. The molecule has 4 N–H and O–H groups in total. The minimum Gasteiger partial charge on any atom is -0.445 e. The Morgan fingerprint density at radius 1 is 1.06 bits per heavy atom. The number of nitrogens with zero attached hydrogens (tertiary/aromatic N) is 2. The van der Waals surface area contributed by atoms with Gasteiger partial charge < -0.3 is 30.1 Å². The van der Waals surface area contributed by atoms with E-state index in [2.05, 4.69) is 31.1 Å². The van der Waals surface area contributed by atoms with Crippen molar-refractivity contribution in [2.75, 3.05) is 0 Å². The minimum atomic E-state index is -1.40. The van der Waals surface area contributed by atoms with Crippen LogP contribution in [-0.2, 0) is 33.8 Å². The van der Waals surface area contributed by atoms with Gasteiger partial charge in [0.15, 0.2) is 0 Å². The van der Waals surface area contributed by atoms with Crippen molar-refractivity contribution in [1.29, 1.82) is 0 Å². The molecule has 0 saturated carbocycles. The second-order valence-corrected chi connectivity index (χ2v) is 13.2. The number of aryl methyl sites for hydroxylation is 1. The summed E-state index contributed by atoms with van der Waals surface area (Å²) in [6.07, 6.45) is 2.68. The van der Waals surface area contributed by atoms with Crippen LogP contribution in [0.4, 0.5) is 4.79 Å². The van der Waals surface area contributed by atoms with Gasteiger partial charge in [-0.25, -0.2) is 4.79 Å². The number of H-pyrrole nitrogens is 1. The van der Waals surface area contributed by atoms with Gasteiger partial charge in [-0.15, -0.1) is 10.2 Å². The van der Waals surface area contributed by atoms with E-state index in [-0.39, 0.29) is 37.2 Å². The Morgan fingerprint density at radius 3 is 2.49 bits per heavy atom. The van der Waals surface area contributed by atoms with E-state index in [4.69, 9.17) is 32.4 Å². The Balaban J connectivity index is 1.47. The molecule has 0 spiro atoms. The molecule has 47 heavy (non-hydrogen) atoms. The molecule has 4 aromatic rings. The van der Waals surface area contributed by atoms with Gasteiger partial charge in [0.1, 0.15) is 24.2 Å². The van der Waals surface area contributed by atoms with Gasteiger partial charge in [0.2, 0.25) is 24.1 Å².